The lowest BCUT2D eigenvalue weighted by Gasteiger charge is -2.51. The minimum atomic E-state index is -0.549. The number of ether oxygens (including phenoxy) is 1. The molecule has 0 saturated carbocycles. The zero-order valence-electron chi connectivity index (χ0n) is 17.5. The number of nitrogens with one attached hydrogen (secondary N) is 1. The van der Waals surface area contributed by atoms with E-state index in [9.17, 15) is 9.59 Å². The summed E-state index contributed by atoms with van der Waals surface area (Å²) < 4.78 is 5.31. The van der Waals surface area contributed by atoms with Crippen LogP contribution in [0.15, 0.2) is 35.9 Å². The van der Waals surface area contributed by atoms with Crippen molar-refractivity contribution in [2.24, 2.45) is 11.1 Å². The van der Waals surface area contributed by atoms with Crippen LogP contribution in [0.3, 0.4) is 0 Å². The molecule has 0 aliphatic carbocycles. The summed E-state index contributed by atoms with van der Waals surface area (Å²) in [6, 6.07) is 8.19. The average Bonchev–Trinajstić information content (AvgIpc) is 2.62. The van der Waals surface area contributed by atoms with E-state index in [0.717, 1.165) is 24.2 Å². The van der Waals surface area contributed by atoms with Crippen molar-refractivity contribution in [2.45, 2.75) is 46.1 Å². The third kappa shape index (κ3) is 5.83. The smallest absolute Gasteiger partial charge is 0.236 e. The molecular weight excluding hydrogens is 354 g/mol. The maximum atomic E-state index is 12.9. The van der Waals surface area contributed by atoms with Gasteiger partial charge in [-0.3, -0.25) is 14.5 Å². The van der Waals surface area contributed by atoms with Crippen LogP contribution in [-0.4, -0.2) is 49.5 Å². The van der Waals surface area contributed by atoms with Gasteiger partial charge in [-0.15, -0.1) is 0 Å². The van der Waals surface area contributed by atoms with E-state index in [4.69, 9.17) is 10.5 Å². The molecule has 1 aliphatic heterocycles. The maximum Gasteiger partial charge on any atom is 0.236 e. The molecule has 1 unspecified atom stereocenters. The van der Waals surface area contributed by atoms with Gasteiger partial charge in [0.05, 0.1) is 19.1 Å². The number of methoxy groups -OCH3 is 1. The molecule has 0 spiro atoms. The number of nitrogens with zero attached hydrogens (tertiary/aromatic N) is 1. The van der Waals surface area contributed by atoms with Crippen molar-refractivity contribution in [1.82, 2.24) is 10.2 Å². The van der Waals surface area contributed by atoms with E-state index in [1.807, 2.05) is 24.3 Å². The number of benzene rings is 1. The van der Waals surface area contributed by atoms with Crippen LogP contribution < -0.4 is 15.8 Å². The summed E-state index contributed by atoms with van der Waals surface area (Å²) in [5, 5.41) is 2.71. The molecule has 1 aromatic rings. The first-order valence-electron chi connectivity index (χ1n) is 9.83. The van der Waals surface area contributed by atoms with Gasteiger partial charge in [0, 0.05) is 19.1 Å². The van der Waals surface area contributed by atoms with Crippen LogP contribution in [0.1, 0.15) is 39.2 Å². The number of nitrogens with two attached hydrogens (primary N) is 1. The number of rotatable bonds is 10. The second-order valence-corrected chi connectivity index (χ2v) is 8.07. The highest BCUT2D eigenvalue weighted by Gasteiger charge is 2.50. The largest absolute Gasteiger partial charge is 0.497 e. The molecule has 154 valence electrons. The van der Waals surface area contributed by atoms with Crippen LogP contribution in [0.2, 0.25) is 0 Å². The number of carbonyl (C=O) groups excluding carboxylic acids is 2. The predicted molar refractivity (Wildman–Crippen MR) is 111 cm³/mol. The van der Waals surface area contributed by atoms with Crippen LogP contribution in [0, 0.1) is 5.41 Å². The van der Waals surface area contributed by atoms with Crippen molar-refractivity contribution in [2.75, 3.05) is 26.7 Å². The van der Waals surface area contributed by atoms with Crippen molar-refractivity contribution >= 4 is 11.8 Å². The van der Waals surface area contributed by atoms with Gasteiger partial charge >= 0.3 is 0 Å². The van der Waals surface area contributed by atoms with Crippen molar-refractivity contribution in [3.05, 3.63) is 41.5 Å². The zero-order chi connectivity index (χ0) is 20.7. The maximum absolute atomic E-state index is 12.9. The van der Waals surface area contributed by atoms with E-state index in [0.29, 0.717) is 25.6 Å². The van der Waals surface area contributed by atoms with Crippen LogP contribution in [0.25, 0.3) is 0 Å². The molecule has 2 rings (SSSR count). The molecule has 1 fully saturated rings. The quantitative estimate of drug-likeness (QED) is 0.603. The van der Waals surface area contributed by atoms with E-state index < -0.39 is 11.3 Å². The van der Waals surface area contributed by atoms with Crippen LogP contribution in [-0.2, 0) is 16.0 Å². The molecule has 1 aliphatic rings. The number of primary amides is 1. The normalized spacial score (nSPS) is 16.6. The molecular formula is C22H33N3O3. The van der Waals surface area contributed by atoms with Gasteiger partial charge in [0.1, 0.15) is 5.75 Å². The summed E-state index contributed by atoms with van der Waals surface area (Å²) in [7, 11) is 1.63. The highest BCUT2D eigenvalue weighted by atomic mass is 16.5. The van der Waals surface area contributed by atoms with E-state index in [2.05, 4.69) is 37.1 Å². The molecule has 0 aromatic heterocycles. The Morgan fingerprint density at radius 2 is 2.07 bits per heavy atom. The molecule has 0 radical (unpaired) electrons. The SMILES string of the molecule is COc1cccc(CC2(C(=O)NCC(N)=O)CN(C(C)CCC=C(C)C)C2)c1. The molecule has 3 N–H and O–H groups in total. The fraction of sp³-hybridized carbons (Fsp3) is 0.545. The highest BCUT2D eigenvalue weighted by molar-refractivity contribution is 5.88. The van der Waals surface area contributed by atoms with Gasteiger partial charge in [-0.25, -0.2) is 0 Å². The van der Waals surface area contributed by atoms with Gasteiger partial charge in [-0.1, -0.05) is 23.8 Å². The van der Waals surface area contributed by atoms with E-state index in [1.165, 1.54) is 5.57 Å². The van der Waals surface area contributed by atoms with Crippen molar-refractivity contribution in [3.8, 4) is 5.75 Å². The molecule has 1 heterocycles. The first kappa shape index (κ1) is 22.0. The van der Waals surface area contributed by atoms with Crippen molar-refractivity contribution in [3.63, 3.8) is 0 Å². The molecule has 1 saturated heterocycles. The number of amides is 2. The fourth-order valence-electron chi connectivity index (χ4n) is 3.70. The Morgan fingerprint density at radius 3 is 2.68 bits per heavy atom. The van der Waals surface area contributed by atoms with Crippen molar-refractivity contribution in [1.29, 1.82) is 0 Å². The second kappa shape index (κ2) is 9.73. The van der Waals surface area contributed by atoms with Gasteiger partial charge in [0.2, 0.25) is 11.8 Å². The first-order chi connectivity index (χ1) is 13.3. The van der Waals surface area contributed by atoms with Gasteiger partial charge in [-0.05, 0) is 57.7 Å². The summed E-state index contributed by atoms with van der Waals surface area (Å²) in [6.07, 6.45) is 4.95. The molecule has 1 aromatic carbocycles. The third-order valence-corrected chi connectivity index (χ3v) is 5.35. The number of carbonyl (C=O) groups is 2. The van der Waals surface area contributed by atoms with Gasteiger partial charge in [0.25, 0.3) is 0 Å². The van der Waals surface area contributed by atoms with Crippen LogP contribution in [0.4, 0.5) is 0 Å². The van der Waals surface area contributed by atoms with E-state index >= 15 is 0 Å². The Kier molecular flexibility index (Phi) is 7.63. The second-order valence-electron chi connectivity index (χ2n) is 8.07. The summed E-state index contributed by atoms with van der Waals surface area (Å²) >= 11 is 0. The Morgan fingerprint density at radius 1 is 1.36 bits per heavy atom. The molecule has 28 heavy (non-hydrogen) atoms. The minimum Gasteiger partial charge on any atom is -0.497 e. The lowest BCUT2D eigenvalue weighted by Crippen LogP contribution is -2.66. The first-order valence-corrected chi connectivity index (χ1v) is 9.83. The Bertz CT molecular complexity index is 719. The third-order valence-electron chi connectivity index (χ3n) is 5.35. The van der Waals surface area contributed by atoms with Crippen molar-refractivity contribution < 1.29 is 14.3 Å². The van der Waals surface area contributed by atoms with Gasteiger partial charge < -0.3 is 15.8 Å². The van der Waals surface area contributed by atoms with Crippen LogP contribution in [0.5, 0.6) is 5.75 Å². The van der Waals surface area contributed by atoms with Gasteiger partial charge in [-0.2, -0.15) is 0 Å². The van der Waals surface area contributed by atoms with E-state index in [1.54, 1.807) is 7.11 Å². The average molecular weight is 388 g/mol. The summed E-state index contributed by atoms with van der Waals surface area (Å²) in [4.78, 5) is 26.3. The Hall–Kier alpha value is -2.34. The number of hydrogen-bond donors (Lipinski definition) is 2. The lowest BCUT2D eigenvalue weighted by atomic mass is 9.73. The number of allylic oxidation sites excluding steroid dienone is 2. The topological polar surface area (TPSA) is 84.7 Å². The summed E-state index contributed by atoms with van der Waals surface area (Å²) in [5.41, 5.74) is 7.03. The molecule has 0 bridgehead atoms. The predicted octanol–water partition coefficient (Wildman–Crippen LogP) is 2.28. The lowest BCUT2D eigenvalue weighted by molar-refractivity contribution is -0.145. The zero-order valence-corrected chi connectivity index (χ0v) is 17.5. The molecule has 6 heteroatoms. The van der Waals surface area contributed by atoms with E-state index in [-0.39, 0.29) is 12.5 Å². The van der Waals surface area contributed by atoms with Gasteiger partial charge in [0.15, 0.2) is 0 Å². The minimum absolute atomic E-state index is 0.109. The number of hydrogen-bond acceptors (Lipinski definition) is 4. The fourth-order valence-corrected chi connectivity index (χ4v) is 3.70. The molecule has 2 amide bonds. The standard InChI is InChI=1S/C22H33N3O3/c1-16(2)7-5-8-17(3)25-14-22(15-25,21(27)24-13-20(23)26)12-18-9-6-10-19(11-18)28-4/h6-7,9-11,17H,5,8,12-15H2,1-4H3,(H2,23,26)(H,24,27). The molecule has 1 atom stereocenters. The number of likely N-dealkylation sites (tertiary alicyclic amines) is 1. The summed E-state index contributed by atoms with van der Waals surface area (Å²) in [5.74, 6) is 0.134. The Balaban J connectivity index is 2.07. The summed E-state index contributed by atoms with van der Waals surface area (Å²) in [6.45, 7) is 7.63. The monoisotopic (exact) mass is 387 g/mol. The highest BCUT2D eigenvalue weighted by Crippen LogP contribution is 2.37. The molecule has 6 nitrogen and oxygen atoms in total. The van der Waals surface area contributed by atoms with Crippen LogP contribution >= 0.6 is 0 Å². The Labute approximate surface area is 168 Å².